The van der Waals surface area contributed by atoms with Crippen molar-refractivity contribution in [2.45, 2.75) is 58.3 Å². The third kappa shape index (κ3) is 10.4. The minimum Gasteiger partial charge on any atom is -0.138 e. The average molecular weight is 174 g/mol. The second-order valence-electron chi connectivity index (χ2n) is 3.26. The van der Waals surface area contributed by atoms with Crippen molar-refractivity contribution < 1.29 is 0 Å². The predicted octanol–water partition coefficient (Wildman–Crippen LogP) is 4.00. The number of hydrogen-bond acceptors (Lipinski definition) is 0. The summed E-state index contributed by atoms with van der Waals surface area (Å²) in [7, 11) is 2.79. The van der Waals surface area contributed by atoms with Crippen LogP contribution in [0.1, 0.15) is 58.3 Å². The lowest BCUT2D eigenvalue weighted by molar-refractivity contribution is 0.586. The van der Waals surface area contributed by atoms with Crippen LogP contribution in [0, 0.1) is 0 Å². The Bertz CT molecular complexity index is 53.9. The molecule has 0 aliphatic rings. The Morgan fingerprint density at radius 3 is 1.64 bits per heavy atom. The van der Waals surface area contributed by atoms with Gasteiger partial charge in [0.05, 0.1) is 0 Å². The molecule has 0 spiro atoms. The normalized spacial score (nSPS) is 10.4. The van der Waals surface area contributed by atoms with Gasteiger partial charge in [0.15, 0.2) is 0 Å². The van der Waals surface area contributed by atoms with E-state index in [1.54, 1.807) is 0 Å². The molecule has 0 saturated heterocycles. The molecule has 0 fully saturated rings. The zero-order chi connectivity index (χ0) is 8.36. The molecular weight excluding hydrogens is 151 g/mol. The molecule has 0 aromatic rings. The zero-order valence-electron chi connectivity index (χ0n) is 7.94. The van der Waals surface area contributed by atoms with Gasteiger partial charge < -0.3 is 0 Å². The van der Waals surface area contributed by atoms with Crippen molar-refractivity contribution in [3.05, 3.63) is 0 Å². The van der Waals surface area contributed by atoms with Gasteiger partial charge in [-0.15, -0.1) is 9.24 Å². The summed E-state index contributed by atoms with van der Waals surface area (Å²) < 4.78 is 0. The van der Waals surface area contributed by atoms with Crippen molar-refractivity contribution >= 4 is 9.24 Å². The van der Waals surface area contributed by atoms with E-state index < -0.39 is 0 Å². The molecule has 0 rings (SSSR count). The van der Waals surface area contributed by atoms with Crippen LogP contribution in [0.5, 0.6) is 0 Å². The monoisotopic (exact) mass is 174 g/mol. The van der Waals surface area contributed by atoms with E-state index in [1.807, 2.05) is 0 Å². The quantitative estimate of drug-likeness (QED) is 0.385. The molecule has 0 nitrogen and oxygen atoms in total. The summed E-state index contributed by atoms with van der Waals surface area (Å²) in [5.41, 5.74) is 0. The van der Waals surface area contributed by atoms with Gasteiger partial charge in [-0.05, 0) is 12.6 Å². The van der Waals surface area contributed by atoms with Crippen molar-refractivity contribution in [1.29, 1.82) is 0 Å². The fourth-order valence-corrected chi connectivity index (χ4v) is 1.57. The standard InChI is InChI=1S/C10H23P/c1-2-3-4-5-6-7-8-9-10-11/h2-11H2,1H3. The van der Waals surface area contributed by atoms with Crippen molar-refractivity contribution in [1.82, 2.24) is 0 Å². The minimum absolute atomic E-state index is 1.29. The second-order valence-corrected chi connectivity index (χ2v) is 3.84. The summed E-state index contributed by atoms with van der Waals surface area (Å²) in [6.07, 6.45) is 12.8. The molecule has 0 radical (unpaired) electrons. The number of unbranched alkanes of at least 4 members (excludes halogenated alkanes) is 7. The maximum absolute atomic E-state index is 2.79. The fourth-order valence-electron chi connectivity index (χ4n) is 1.28. The smallest absolute Gasteiger partial charge is 0.0381 e. The molecule has 68 valence electrons. The summed E-state index contributed by atoms with van der Waals surface area (Å²) in [6, 6.07) is 0. The van der Waals surface area contributed by atoms with Gasteiger partial charge in [-0.25, -0.2) is 0 Å². The largest absolute Gasteiger partial charge is 0.138 e. The predicted molar refractivity (Wildman–Crippen MR) is 57.2 cm³/mol. The van der Waals surface area contributed by atoms with Crippen LogP contribution < -0.4 is 0 Å². The molecule has 0 bridgehead atoms. The van der Waals surface area contributed by atoms with Gasteiger partial charge in [-0.2, -0.15) is 0 Å². The van der Waals surface area contributed by atoms with Gasteiger partial charge in [-0.3, -0.25) is 0 Å². The molecule has 0 N–H and O–H groups in total. The van der Waals surface area contributed by atoms with Crippen LogP contribution in [-0.2, 0) is 0 Å². The first-order valence-corrected chi connectivity index (χ1v) is 5.93. The first kappa shape index (κ1) is 11.4. The van der Waals surface area contributed by atoms with Gasteiger partial charge in [0.25, 0.3) is 0 Å². The molecule has 0 heterocycles. The van der Waals surface area contributed by atoms with Crippen LogP contribution in [0.3, 0.4) is 0 Å². The second kappa shape index (κ2) is 10.4. The number of rotatable bonds is 8. The molecule has 11 heavy (non-hydrogen) atoms. The highest BCUT2D eigenvalue weighted by Gasteiger charge is 1.89. The van der Waals surface area contributed by atoms with E-state index in [1.165, 1.54) is 57.5 Å². The van der Waals surface area contributed by atoms with Gasteiger partial charge in [0.2, 0.25) is 0 Å². The van der Waals surface area contributed by atoms with E-state index in [0.717, 1.165) is 0 Å². The highest BCUT2D eigenvalue weighted by Crippen LogP contribution is 2.08. The Labute approximate surface area is 74.4 Å². The van der Waals surface area contributed by atoms with Gasteiger partial charge in [0.1, 0.15) is 0 Å². The molecular formula is C10H23P. The molecule has 0 aromatic carbocycles. The van der Waals surface area contributed by atoms with Crippen molar-refractivity contribution in [3.8, 4) is 0 Å². The Balaban J connectivity index is 2.69. The molecule has 0 amide bonds. The summed E-state index contributed by atoms with van der Waals surface area (Å²) in [5, 5.41) is 0. The molecule has 1 atom stereocenters. The summed E-state index contributed by atoms with van der Waals surface area (Å²) in [4.78, 5) is 0. The van der Waals surface area contributed by atoms with Crippen LogP contribution in [0.25, 0.3) is 0 Å². The van der Waals surface area contributed by atoms with Crippen molar-refractivity contribution in [3.63, 3.8) is 0 Å². The van der Waals surface area contributed by atoms with E-state index in [9.17, 15) is 0 Å². The SMILES string of the molecule is CCCCCCCCCCP. The molecule has 0 aliphatic heterocycles. The molecule has 0 aliphatic carbocycles. The van der Waals surface area contributed by atoms with Crippen LogP contribution in [-0.4, -0.2) is 6.16 Å². The molecule has 0 aromatic heterocycles. The maximum atomic E-state index is 2.79. The molecule has 1 heteroatoms. The minimum atomic E-state index is 1.29. The lowest BCUT2D eigenvalue weighted by atomic mass is 10.1. The lowest BCUT2D eigenvalue weighted by Crippen LogP contribution is -1.80. The first-order chi connectivity index (χ1) is 5.41. The van der Waals surface area contributed by atoms with Gasteiger partial charge >= 0.3 is 0 Å². The Kier molecular flexibility index (Phi) is 10.8. The van der Waals surface area contributed by atoms with E-state index in [4.69, 9.17) is 0 Å². The van der Waals surface area contributed by atoms with Crippen molar-refractivity contribution in [2.75, 3.05) is 6.16 Å². The highest BCUT2D eigenvalue weighted by atomic mass is 31.0. The molecule has 0 saturated carbocycles. The summed E-state index contributed by atoms with van der Waals surface area (Å²) in [6.45, 7) is 2.27. The van der Waals surface area contributed by atoms with E-state index in [2.05, 4.69) is 16.2 Å². The highest BCUT2D eigenvalue weighted by molar-refractivity contribution is 7.16. The molecule has 1 unspecified atom stereocenters. The first-order valence-electron chi connectivity index (χ1n) is 5.12. The Hall–Kier alpha value is 0.430. The fraction of sp³-hybridized carbons (Fsp3) is 1.00. The van der Waals surface area contributed by atoms with E-state index in [0.29, 0.717) is 0 Å². The number of hydrogen-bond donors (Lipinski definition) is 0. The lowest BCUT2D eigenvalue weighted by Gasteiger charge is -1.98. The van der Waals surface area contributed by atoms with Gasteiger partial charge in [0, 0.05) is 0 Å². The topological polar surface area (TPSA) is 0 Å². The third-order valence-corrected chi connectivity index (χ3v) is 2.47. The van der Waals surface area contributed by atoms with Crippen LogP contribution >= 0.6 is 9.24 Å². The maximum Gasteiger partial charge on any atom is -0.0381 e. The van der Waals surface area contributed by atoms with Crippen LogP contribution in [0.4, 0.5) is 0 Å². The van der Waals surface area contributed by atoms with E-state index >= 15 is 0 Å². The third-order valence-electron chi connectivity index (χ3n) is 2.06. The Morgan fingerprint density at radius 1 is 0.727 bits per heavy atom. The average Bonchev–Trinajstić information content (AvgIpc) is 2.03. The zero-order valence-corrected chi connectivity index (χ0v) is 9.10. The van der Waals surface area contributed by atoms with Crippen LogP contribution in [0.2, 0.25) is 0 Å². The summed E-state index contributed by atoms with van der Waals surface area (Å²) in [5.74, 6) is 0. The Morgan fingerprint density at radius 2 is 1.18 bits per heavy atom. The van der Waals surface area contributed by atoms with E-state index in [-0.39, 0.29) is 0 Å². The summed E-state index contributed by atoms with van der Waals surface area (Å²) >= 11 is 0. The van der Waals surface area contributed by atoms with Gasteiger partial charge in [-0.1, -0.05) is 51.9 Å². The van der Waals surface area contributed by atoms with Crippen molar-refractivity contribution in [2.24, 2.45) is 0 Å². The van der Waals surface area contributed by atoms with Crippen LogP contribution in [0.15, 0.2) is 0 Å².